The van der Waals surface area contributed by atoms with Gasteiger partial charge >= 0.3 is 0 Å². The number of para-hydroxylation sites is 3. The van der Waals surface area contributed by atoms with Gasteiger partial charge in [-0.1, -0.05) is 110 Å². The number of fused-ring (bicyclic) bond motifs is 3. The molecule has 10 heteroatoms. The van der Waals surface area contributed by atoms with Crippen molar-refractivity contribution in [2.75, 3.05) is 9.80 Å². The first-order valence-corrected chi connectivity index (χ1v) is 25.7. The topological polar surface area (TPSA) is 83.8 Å². The van der Waals surface area contributed by atoms with Gasteiger partial charge < -0.3 is 0 Å². The van der Waals surface area contributed by atoms with Crippen LogP contribution in [0, 0.1) is 0 Å². The number of allylic oxidation sites excluding steroid dienone is 4. The molecule has 2 aliphatic heterocycles. The summed E-state index contributed by atoms with van der Waals surface area (Å²) in [6.07, 6.45) is 13.8. The molecule has 0 amide bonds. The molecule has 65 heavy (non-hydrogen) atoms. The Bertz CT molecular complexity index is 3140. The van der Waals surface area contributed by atoms with E-state index in [1.54, 1.807) is 0 Å². The van der Waals surface area contributed by atoms with E-state index in [1.165, 1.54) is 10.4 Å². The van der Waals surface area contributed by atoms with E-state index >= 15 is 0 Å². The minimum absolute atomic E-state index is 0.745. The summed E-state index contributed by atoms with van der Waals surface area (Å²) in [5.74, 6) is 1.54. The second kappa shape index (κ2) is 16.5. The van der Waals surface area contributed by atoms with Crippen molar-refractivity contribution in [1.29, 1.82) is 0 Å². The summed E-state index contributed by atoms with van der Waals surface area (Å²) in [4.78, 5) is 35.8. The van der Waals surface area contributed by atoms with Gasteiger partial charge in [-0.3, -0.25) is 29.7 Å². The molecular weight excluding hydrogens is 829 g/mol. The highest BCUT2D eigenvalue weighted by Crippen LogP contribution is 2.41. The summed E-state index contributed by atoms with van der Waals surface area (Å²) in [6, 6.07) is 63.2. The van der Waals surface area contributed by atoms with Crippen molar-refractivity contribution in [3.8, 4) is 11.4 Å². The smallest absolute Gasteiger partial charge is 0.227 e. The fourth-order valence-corrected chi connectivity index (χ4v) is 19.4. The van der Waals surface area contributed by atoms with E-state index in [0.717, 1.165) is 77.4 Å². The van der Waals surface area contributed by atoms with Gasteiger partial charge in [0.25, 0.3) is 0 Å². The third kappa shape index (κ3) is 6.17. The monoisotopic (exact) mass is 870 g/mol. The van der Waals surface area contributed by atoms with E-state index in [2.05, 4.69) is 174 Å². The fraction of sp³-hybridized carbons (Fsp3) is 0.0182. The Kier molecular flexibility index (Phi) is 10.1. The van der Waals surface area contributed by atoms with E-state index in [1.807, 2.05) is 74.2 Å². The lowest BCUT2D eigenvalue weighted by atomic mass is 10.2. The Morgan fingerprint density at radius 1 is 0.415 bits per heavy atom. The van der Waals surface area contributed by atoms with Crippen molar-refractivity contribution in [3.63, 3.8) is 0 Å². The Labute approximate surface area is 380 Å². The van der Waals surface area contributed by atoms with Crippen molar-refractivity contribution in [2.24, 2.45) is 0 Å². The van der Waals surface area contributed by atoms with Gasteiger partial charge in [-0.05, 0) is 125 Å². The predicted octanol–water partition coefficient (Wildman–Crippen LogP) is 7.06. The van der Waals surface area contributed by atoms with Crippen LogP contribution in [0.5, 0.6) is 0 Å². The average molecular weight is 871 g/mol. The number of hydrogen-bond acceptors (Lipinski definition) is 8. The standard InChI is InChI=1S/C55H42N8Si2/c1-3-21-42-46(4-2)64(52-32-11-15-36-56-52,53-33-12-16-37-57-53)47-27-8-5-24-43(47)62(42)50-30-19-22-40(60-50)41-23-20-31-51(61-41)63-44-25-6-9-28-48(44)65(54-34-13-17-38-58-54,55-35-14-18-39-59-55)49-29-10-7-26-45(49)63/h3-39H,2H2,1H3/b21-3-. The van der Waals surface area contributed by atoms with Crippen molar-refractivity contribution in [2.45, 2.75) is 6.92 Å². The van der Waals surface area contributed by atoms with Crippen LogP contribution in [0.4, 0.5) is 28.7 Å². The number of pyridine rings is 6. The summed E-state index contributed by atoms with van der Waals surface area (Å²) >= 11 is 0. The molecule has 310 valence electrons. The molecule has 0 saturated carbocycles. The maximum atomic E-state index is 5.45. The zero-order valence-electron chi connectivity index (χ0n) is 35.6. The molecule has 0 bridgehead atoms. The molecule has 0 radical (unpaired) electrons. The molecule has 8 nitrogen and oxygen atoms in total. The molecule has 8 heterocycles. The predicted molar refractivity (Wildman–Crippen MR) is 269 cm³/mol. The van der Waals surface area contributed by atoms with Crippen LogP contribution >= 0.6 is 0 Å². The maximum Gasteiger partial charge on any atom is 0.227 e. The van der Waals surface area contributed by atoms with Crippen molar-refractivity contribution < 1.29 is 0 Å². The highest BCUT2D eigenvalue weighted by Gasteiger charge is 2.53. The van der Waals surface area contributed by atoms with E-state index in [9.17, 15) is 0 Å². The molecule has 0 N–H and O–H groups in total. The number of nitrogens with zero attached hydrogens (tertiary/aromatic N) is 8. The van der Waals surface area contributed by atoms with Gasteiger partial charge in [0.1, 0.15) is 11.6 Å². The van der Waals surface area contributed by atoms with Gasteiger partial charge in [0.05, 0.1) is 11.4 Å². The van der Waals surface area contributed by atoms with E-state index in [4.69, 9.17) is 29.9 Å². The number of anilines is 5. The number of hydrogen-bond donors (Lipinski definition) is 0. The van der Waals surface area contributed by atoms with Gasteiger partial charge in [-0.2, -0.15) is 0 Å². The molecule has 6 aromatic heterocycles. The van der Waals surface area contributed by atoms with Crippen molar-refractivity contribution >= 4 is 81.7 Å². The van der Waals surface area contributed by atoms with E-state index in [0.29, 0.717) is 0 Å². The first kappa shape index (κ1) is 39.6. The van der Waals surface area contributed by atoms with Crippen molar-refractivity contribution in [3.05, 3.63) is 242 Å². The second-order valence-corrected chi connectivity index (χ2v) is 23.1. The Hall–Kier alpha value is -8.19. The maximum absolute atomic E-state index is 5.45. The Morgan fingerprint density at radius 3 is 1.22 bits per heavy atom. The number of rotatable bonds is 9. The normalized spacial score (nSPS) is 14.7. The molecule has 0 saturated heterocycles. The molecule has 0 aliphatic carbocycles. The number of benzene rings is 3. The van der Waals surface area contributed by atoms with Gasteiger partial charge in [0.2, 0.25) is 16.1 Å². The lowest BCUT2D eigenvalue weighted by Gasteiger charge is -2.43. The SMILES string of the molecule is C=CC1=C(/C=C\C)N(c2cccc(-c3cccc(N4c5ccccc5[Si](c5ccccn5)(c5ccccn5)c5ccccc54)n3)n2)c2ccccc2[Si]1(c1ccccn1)c1ccccn1. The number of aromatic nitrogens is 6. The van der Waals surface area contributed by atoms with Crippen LogP contribution < -0.4 is 46.6 Å². The second-order valence-electron chi connectivity index (χ2n) is 15.8. The Balaban J connectivity index is 1.08. The first-order valence-electron chi connectivity index (χ1n) is 21.7. The molecular formula is C55H42N8Si2. The van der Waals surface area contributed by atoms with Gasteiger partial charge in [0.15, 0.2) is 0 Å². The van der Waals surface area contributed by atoms with Crippen LogP contribution in [0.15, 0.2) is 242 Å². The van der Waals surface area contributed by atoms with E-state index < -0.39 is 16.1 Å². The van der Waals surface area contributed by atoms with Crippen LogP contribution in [0.25, 0.3) is 11.4 Å². The highest BCUT2D eigenvalue weighted by atomic mass is 28.3. The van der Waals surface area contributed by atoms with Crippen LogP contribution in [0.3, 0.4) is 0 Å². The summed E-state index contributed by atoms with van der Waals surface area (Å²) < 4.78 is 0. The van der Waals surface area contributed by atoms with Gasteiger partial charge in [0, 0.05) is 68.8 Å². The lowest BCUT2D eigenvalue weighted by molar-refractivity contribution is 1.11. The van der Waals surface area contributed by atoms with Crippen LogP contribution in [-0.4, -0.2) is 46.1 Å². The molecule has 0 unspecified atom stereocenters. The van der Waals surface area contributed by atoms with E-state index in [-0.39, 0.29) is 0 Å². The minimum atomic E-state index is -3.08. The van der Waals surface area contributed by atoms with Crippen LogP contribution in [0.1, 0.15) is 6.92 Å². The summed E-state index contributed by atoms with van der Waals surface area (Å²) in [6.45, 7) is 6.53. The highest BCUT2D eigenvalue weighted by molar-refractivity contribution is 7.20. The summed E-state index contributed by atoms with van der Waals surface area (Å²) in [7, 11) is -6.07. The van der Waals surface area contributed by atoms with Crippen LogP contribution in [-0.2, 0) is 0 Å². The summed E-state index contributed by atoms with van der Waals surface area (Å²) in [5.41, 5.74) is 5.60. The van der Waals surface area contributed by atoms with Crippen molar-refractivity contribution in [1.82, 2.24) is 29.9 Å². The average Bonchev–Trinajstić information content (AvgIpc) is 3.38. The zero-order chi connectivity index (χ0) is 43.8. The third-order valence-corrected chi connectivity index (χ3v) is 21.7. The third-order valence-electron chi connectivity index (χ3n) is 12.5. The summed E-state index contributed by atoms with van der Waals surface area (Å²) in [5, 5.41) is 8.69. The molecule has 11 rings (SSSR count). The Morgan fingerprint density at radius 2 is 0.800 bits per heavy atom. The fourth-order valence-electron chi connectivity index (χ4n) is 9.98. The zero-order valence-corrected chi connectivity index (χ0v) is 37.6. The minimum Gasteiger partial charge on any atom is -0.295 e. The molecule has 0 spiro atoms. The molecule has 0 atom stereocenters. The molecule has 3 aromatic carbocycles. The van der Waals surface area contributed by atoms with Crippen LogP contribution in [0.2, 0.25) is 0 Å². The van der Waals surface area contributed by atoms with Gasteiger partial charge in [-0.15, -0.1) is 0 Å². The quantitative estimate of drug-likeness (QED) is 0.143. The first-order chi connectivity index (χ1) is 32.2. The largest absolute Gasteiger partial charge is 0.295 e. The van der Waals surface area contributed by atoms with Gasteiger partial charge in [-0.25, -0.2) is 9.97 Å². The lowest BCUT2D eigenvalue weighted by Crippen LogP contribution is -2.78. The molecule has 9 aromatic rings. The molecule has 2 aliphatic rings. The molecule has 0 fully saturated rings.